The molecule has 0 fully saturated rings. The molecule has 3 heteroatoms. The number of aromatic nitrogens is 2. The van der Waals surface area contributed by atoms with Crippen molar-refractivity contribution in [1.82, 2.24) is 9.78 Å². The van der Waals surface area contributed by atoms with Crippen molar-refractivity contribution in [2.24, 2.45) is 0 Å². The van der Waals surface area contributed by atoms with E-state index in [9.17, 15) is 5.11 Å². The number of unbranched alkanes of at least 4 members (excludes halogenated alkanes) is 1. The monoisotopic (exact) mass is 238 g/mol. The van der Waals surface area contributed by atoms with E-state index >= 15 is 0 Å². The molecule has 1 aromatic heterocycles. The Morgan fingerprint density at radius 3 is 2.29 bits per heavy atom. The first-order chi connectivity index (χ1) is 7.79. The lowest BCUT2D eigenvalue weighted by molar-refractivity contribution is 0.292. The zero-order valence-corrected chi connectivity index (χ0v) is 12.0. The molecule has 0 aliphatic rings. The lowest BCUT2D eigenvalue weighted by atomic mass is 10.0. The van der Waals surface area contributed by atoms with E-state index in [4.69, 9.17) is 0 Å². The van der Waals surface area contributed by atoms with Gasteiger partial charge in [-0.3, -0.25) is 0 Å². The summed E-state index contributed by atoms with van der Waals surface area (Å²) >= 11 is 0. The van der Waals surface area contributed by atoms with Gasteiger partial charge >= 0.3 is 0 Å². The summed E-state index contributed by atoms with van der Waals surface area (Å²) in [6, 6.07) is 0. The third-order valence-electron chi connectivity index (χ3n) is 2.95. The molecule has 1 aromatic rings. The summed E-state index contributed by atoms with van der Waals surface area (Å²) in [7, 11) is 0. The largest absolute Gasteiger partial charge is 0.493 e. The Kier molecular flexibility index (Phi) is 4.23. The Hall–Kier alpha value is -0.990. The van der Waals surface area contributed by atoms with E-state index in [1.165, 1.54) is 0 Å². The van der Waals surface area contributed by atoms with Crippen LogP contribution >= 0.6 is 0 Å². The molecule has 0 spiro atoms. The highest BCUT2D eigenvalue weighted by molar-refractivity contribution is 5.34. The molecule has 3 nitrogen and oxygen atoms in total. The maximum absolute atomic E-state index is 10.3. The van der Waals surface area contributed by atoms with Crippen molar-refractivity contribution in [2.75, 3.05) is 0 Å². The Bertz CT molecular complexity index is 372. The highest BCUT2D eigenvalue weighted by Gasteiger charge is 2.25. The van der Waals surface area contributed by atoms with Crippen LogP contribution in [0.4, 0.5) is 0 Å². The van der Waals surface area contributed by atoms with E-state index in [1.807, 2.05) is 0 Å². The number of nitrogens with zero attached hydrogens (tertiary/aromatic N) is 2. The normalized spacial score (nSPS) is 12.4. The van der Waals surface area contributed by atoms with Gasteiger partial charge in [-0.15, -0.1) is 0 Å². The van der Waals surface area contributed by atoms with E-state index in [0.717, 1.165) is 30.5 Å². The molecule has 17 heavy (non-hydrogen) atoms. The molecular formula is C14H26N2O. The fourth-order valence-corrected chi connectivity index (χ4v) is 2.05. The first kappa shape index (κ1) is 14.1. The van der Waals surface area contributed by atoms with Crippen LogP contribution in [-0.2, 0) is 12.0 Å². The molecule has 0 aromatic carbocycles. The zero-order valence-electron chi connectivity index (χ0n) is 12.0. The molecule has 1 rings (SSSR count). The van der Waals surface area contributed by atoms with Crippen molar-refractivity contribution in [3.05, 3.63) is 11.3 Å². The molecular weight excluding hydrogens is 212 g/mol. The van der Waals surface area contributed by atoms with Crippen LogP contribution in [0.1, 0.15) is 71.6 Å². The SMILES string of the molecule is CCCCc1nn(C(C)(C)C)c(O)c1C(C)C. The summed E-state index contributed by atoms with van der Waals surface area (Å²) in [5, 5.41) is 14.9. The van der Waals surface area contributed by atoms with E-state index in [-0.39, 0.29) is 5.54 Å². The summed E-state index contributed by atoms with van der Waals surface area (Å²) in [5.41, 5.74) is 1.92. The molecule has 0 aliphatic heterocycles. The minimum absolute atomic E-state index is 0.168. The van der Waals surface area contributed by atoms with Crippen LogP contribution in [0.15, 0.2) is 0 Å². The van der Waals surface area contributed by atoms with Gasteiger partial charge in [0.25, 0.3) is 0 Å². The van der Waals surface area contributed by atoms with Gasteiger partial charge in [0, 0.05) is 5.56 Å². The highest BCUT2D eigenvalue weighted by atomic mass is 16.3. The minimum Gasteiger partial charge on any atom is -0.493 e. The van der Waals surface area contributed by atoms with Gasteiger partial charge in [-0.25, -0.2) is 4.68 Å². The maximum atomic E-state index is 10.3. The van der Waals surface area contributed by atoms with Gasteiger partial charge in [0.1, 0.15) is 0 Å². The van der Waals surface area contributed by atoms with E-state index in [0.29, 0.717) is 11.8 Å². The Labute approximate surface area is 105 Å². The van der Waals surface area contributed by atoms with Crippen LogP contribution < -0.4 is 0 Å². The summed E-state index contributed by atoms with van der Waals surface area (Å²) < 4.78 is 1.76. The van der Waals surface area contributed by atoms with Gasteiger partial charge in [-0.2, -0.15) is 5.10 Å². The predicted octanol–water partition coefficient (Wildman–Crippen LogP) is 3.81. The molecule has 0 bridgehead atoms. The average molecular weight is 238 g/mol. The van der Waals surface area contributed by atoms with Gasteiger partial charge in [0.2, 0.25) is 5.88 Å². The van der Waals surface area contributed by atoms with Crippen molar-refractivity contribution < 1.29 is 5.11 Å². The van der Waals surface area contributed by atoms with Crippen molar-refractivity contribution in [3.63, 3.8) is 0 Å². The lowest BCUT2D eigenvalue weighted by Crippen LogP contribution is -2.22. The van der Waals surface area contributed by atoms with Gasteiger partial charge < -0.3 is 5.11 Å². The van der Waals surface area contributed by atoms with Crippen LogP contribution in [0.3, 0.4) is 0 Å². The highest BCUT2D eigenvalue weighted by Crippen LogP contribution is 2.33. The first-order valence-electron chi connectivity index (χ1n) is 6.60. The molecule has 1 heterocycles. The minimum atomic E-state index is -0.168. The van der Waals surface area contributed by atoms with Crippen LogP contribution in [0.2, 0.25) is 0 Å². The molecule has 98 valence electrons. The Morgan fingerprint density at radius 2 is 1.88 bits per heavy atom. The van der Waals surface area contributed by atoms with Crippen LogP contribution in [0.25, 0.3) is 0 Å². The number of aryl methyl sites for hydroxylation is 1. The zero-order chi connectivity index (χ0) is 13.2. The van der Waals surface area contributed by atoms with Crippen LogP contribution in [0, 0.1) is 0 Å². The van der Waals surface area contributed by atoms with Crippen LogP contribution in [0.5, 0.6) is 5.88 Å². The lowest BCUT2D eigenvalue weighted by Gasteiger charge is -2.20. The summed E-state index contributed by atoms with van der Waals surface area (Å²) in [6.45, 7) is 12.6. The first-order valence-corrected chi connectivity index (χ1v) is 6.60. The summed E-state index contributed by atoms with van der Waals surface area (Å²) in [6.07, 6.45) is 3.24. The number of aromatic hydroxyl groups is 1. The van der Waals surface area contributed by atoms with Gasteiger partial charge in [-0.05, 0) is 39.5 Å². The standard InChI is InChI=1S/C14H26N2O/c1-7-8-9-11-12(10(2)3)13(17)16(15-11)14(4,5)6/h10,17H,7-9H2,1-6H3. The fraction of sp³-hybridized carbons (Fsp3) is 0.786. The second-order valence-corrected chi connectivity index (χ2v) is 6.02. The fourth-order valence-electron chi connectivity index (χ4n) is 2.05. The van der Waals surface area contributed by atoms with Crippen LogP contribution in [-0.4, -0.2) is 14.9 Å². The summed E-state index contributed by atoms with van der Waals surface area (Å²) in [5.74, 6) is 0.663. The Balaban J connectivity index is 3.20. The predicted molar refractivity (Wildman–Crippen MR) is 71.6 cm³/mol. The van der Waals surface area contributed by atoms with E-state index < -0.39 is 0 Å². The van der Waals surface area contributed by atoms with Gasteiger partial charge in [-0.1, -0.05) is 27.2 Å². The third-order valence-corrected chi connectivity index (χ3v) is 2.95. The molecule has 0 aliphatic carbocycles. The van der Waals surface area contributed by atoms with Gasteiger partial charge in [0.15, 0.2) is 0 Å². The molecule has 0 unspecified atom stereocenters. The second-order valence-electron chi connectivity index (χ2n) is 6.02. The number of hydrogen-bond acceptors (Lipinski definition) is 2. The summed E-state index contributed by atoms with van der Waals surface area (Å²) in [4.78, 5) is 0. The Morgan fingerprint density at radius 1 is 1.29 bits per heavy atom. The molecule has 0 amide bonds. The topological polar surface area (TPSA) is 38.0 Å². The second kappa shape index (κ2) is 5.11. The van der Waals surface area contributed by atoms with E-state index in [2.05, 4.69) is 46.6 Å². The molecule has 0 saturated heterocycles. The van der Waals surface area contributed by atoms with Crippen molar-refractivity contribution in [2.45, 2.75) is 72.3 Å². The smallest absolute Gasteiger partial charge is 0.213 e. The number of rotatable bonds is 4. The molecule has 1 N–H and O–H groups in total. The van der Waals surface area contributed by atoms with Crippen molar-refractivity contribution in [3.8, 4) is 5.88 Å². The third kappa shape index (κ3) is 3.02. The van der Waals surface area contributed by atoms with Crippen molar-refractivity contribution in [1.29, 1.82) is 0 Å². The number of hydrogen-bond donors (Lipinski definition) is 1. The van der Waals surface area contributed by atoms with E-state index in [1.54, 1.807) is 4.68 Å². The van der Waals surface area contributed by atoms with Crippen molar-refractivity contribution >= 4 is 0 Å². The maximum Gasteiger partial charge on any atom is 0.213 e. The molecule has 0 atom stereocenters. The molecule has 0 saturated carbocycles. The average Bonchev–Trinajstić information content (AvgIpc) is 2.51. The van der Waals surface area contributed by atoms with Gasteiger partial charge in [0.05, 0.1) is 11.2 Å². The quantitative estimate of drug-likeness (QED) is 0.866. The molecule has 0 radical (unpaired) electrons.